The van der Waals surface area contributed by atoms with Crippen LogP contribution in [0, 0.1) is 0 Å². The average Bonchev–Trinajstić information content (AvgIpc) is 2.76. The number of ether oxygens (including phenoxy) is 1. The molecule has 0 spiro atoms. The summed E-state index contributed by atoms with van der Waals surface area (Å²) in [6.07, 6.45) is 0.690. The van der Waals surface area contributed by atoms with Gasteiger partial charge in [-0.1, -0.05) is 12.1 Å². The highest BCUT2D eigenvalue weighted by molar-refractivity contribution is 7.89. The topological polar surface area (TPSA) is 67.4 Å². The van der Waals surface area contributed by atoms with E-state index in [1.165, 1.54) is 0 Å². The molecule has 0 saturated carbocycles. The van der Waals surface area contributed by atoms with E-state index in [2.05, 4.69) is 10.0 Å². The lowest BCUT2D eigenvalue weighted by Crippen LogP contribution is -2.46. The molecule has 0 aromatic heterocycles. The molecule has 1 heterocycles. The minimum absolute atomic E-state index is 0.282. The van der Waals surface area contributed by atoms with Gasteiger partial charge in [-0.25, -0.2) is 13.1 Å². The number of anilines is 1. The Labute approximate surface area is 114 Å². The molecule has 0 aliphatic carbocycles. The average molecular weight is 284 g/mol. The summed E-state index contributed by atoms with van der Waals surface area (Å²) in [5.41, 5.74) is 0.109. The van der Waals surface area contributed by atoms with Gasteiger partial charge in [0.15, 0.2) is 0 Å². The van der Waals surface area contributed by atoms with Crippen molar-refractivity contribution in [2.24, 2.45) is 0 Å². The zero-order valence-corrected chi connectivity index (χ0v) is 12.1. The summed E-state index contributed by atoms with van der Waals surface area (Å²) >= 11 is 0. The molecular weight excluding hydrogens is 264 g/mol. The van der Waals surface area contributed by atoms with Crippen LogP contribution in [0.1, 0.15) is 20.3 Å². The molecule has 1 aromatic carbocycles. The second kappa shape index (κ2) is 5.48. The van der Waals surface area contributed by atoms with Crippen molar-refractivity contribution >= 4 is 15.7 Å². The first-order valence-electron chi connectivity index (χ1n) is 6.41. The van der Waals surface area contributed by atoms with Crippen LogP contribution in [0.3, 0.4) is 0 Å². The van der Waals surface area contributed by atoms with Crippen molar-refractivity contribution in [3.63, 3.8) is 0 Å². The summed E-state index contributed by atoms with van der Waals surface area (Å²) < 4.78 is 33.0. The number of nitrogens with one attached hydrogen (secondary N) is 2. The van der Waals surface area contributed by atoms with Crippen LogP contribution in [0.2, 0.25) is 0 Å². The Bertz CT molecular complexity index is 537. The number of sulfonamides is 1. The third-order valence-electron chi connectivity index (χ3n) is 3.14. The van der Waals surface area contributed by atoms with Crippen LogP contribution < -0.4 is 10.0 Å². The number of para-hydroxylation sites is 1. The minimum atomic E-state index is -3.55. The van der Waals surface area contributed by atoms with E-state index >= 15 is 0 Å². The number of hydrogen-bond acceptors (Lipinski definition) is 4. The Morgan fingerprint density at radius 2 is 2.11 bits per heavy atom. The SMILES string of the molecule is CCNc1ccccc1S(=O)(=O)NC1(C)CCOC1. The lowest BCUT2D eigenvalue weighted by molar-refractivity contribution is 0.178. The quantitative estimate of drug-likeness (QED) is 0.861. The lowest BCUT2D eigenvalue weighted by atomic mass is 10.0. The molecule has 5 nitrogen and oxygen atoms in total. The standard InChI is InChI=1S/C13H20N2O3S/c1-3-14-11-6-4-5-7-12(11)19(16,17)15-13(2)8-9-18-10-13/h4-7,14-15H,3,8-10H2,1-2H3. The van der Waals surface area contributed by atoms with Crippen molar-refractivity contribution in [3.05, 3.63) is 24.3 Å². The monoisotopic (exact) mass is 284 g/mol. The summed E-state index contributed by atoms with van der Waals surface area (Å²) in [6.45, 7) is 5.48. The Balaban J connectivity index is 2.29. The first kappa shape index (κ1) is 14.3. The zero-order chi connectivity index (χ0) is 13.9. The summed E-state index contributed by atoms with van der Waals surface area (Å²) in [5.74, 6) is 0. The highest BCUT2D eigenvalue weighted by atomic mass is 32.2. The van der Waals surface area contributed by atoms with E-state index in [-0.39, 0.29) is 4.90 Å². The Kier molecular flexibility index (Phi) is 4.13. The molecule has 1 unspecified atom stereocenters. The highest BCUT2D eigenvalue weighted by Crippen LogP contribution is 2.25. The van der Waals surface area contributed by atoms with Gasteiger partial charge >= 0.3 is 0 Å². The first-order valence-corrected chi connectivity index (χ1v) is 7.90. The molecule has 0 radical (unpaired) electrons. The van der Waals surface area contributed by atoms with Gasteiger partial charge in [0.05, 0.1) is 17.8 Å². The molecule has 0 bridgehead atoms. The molecule has 1 fully saturated rings. The normalized spacial score (nSPS) is 23.5. The zero-order valence-electron chi connectivity index (χ0n) is 11.3. The molecule has 1 aliphatic heterocycles. The van der Waals surface area contributed by atoms with E-state index in [9.17, 15) is 8.42 Å². The molecule has 1 saturated heterocycles. The van der Waals surface area contributed by atoms with Crippen molar-refractivity contribution in [1.29, 1.82) is 0 Å². The van der Waals surface area contributed by atoms with Gasteiger partial charge in [0.25, 0.3) is 0 Å². The molecular formula is C13H20N2O3S. The van der Waals surface area contributed by atoms with Crippen molar-refractivity contribution in [3.8, 4) is 0 Å². The second-order valence-corrected chi connectivity index (χ2v) is 6.65. The van der Waals surface area contributed by atoms with Crippen molar-refractivity contribution in [2.75, 3.05) is 25.1 Å². The molecule has 6 heteroatoms. The number of benzene rings is 1. The van der Waals surface area contributed by atoms with Crippen molar-refractivity contribution in [1.82, 2.24) is 4.72 Å². The molecule has 2 N–H and O–H groups in total. The van der Waals surface area contributed by atoms with Crippen LogP contribution in [0.4, 0.5) is 5.69 Å². The maximum absolute atomic E-state index is 12.5. The second-order valence-electron chi connectivity index (χ2n) is 5.00. The van der Waals surface area contributed by atoms with Gasteiger partial charge in [-0.2, -0.15) is 0 Å². The first-order chi connectivity index (χ1) is 8.97. The maximum Gasteiger partial charge on any atom is 0.243 e. The summed E-state index contributed by atoms with van der Waals surface area (Å²) in [6, 6.07) is 6.92. The highest BCUT2D eigenvalue weighted by Gasteiger charge is 2.35. The van der Waals surface area contributed by atoms with Crippen molar-refractivity contribution < 1.29 is 13.2 Å². The molecule has 0 amide bonds. The van der Waals surface area contributed by atoms with Crippen LogP contribution in [0.25, 0.3) is 0 Å². The molecule has 1 aliphatic rings. The largest absolute Gasteiger partial charge is 0.384 e. The van der Waals surface area contributed by atoms with E-state index in [0.717, 1.165) is 0 Å². The molecule has 1 atom stereocenters. The Morgan fingerprint density at radius 3 is 2.74 bits per heavy atom. The van der Waals surface area contributed by atoms with Crippen LogP contribution in [-0.4, -0.2) is 33.7 Å². The Morgan fingerprint density at radius 1 is 1.37 bits per heavy atom. The summed E-state index contributed by atoms with van der Waals surface area (Å²) in [4.78, 5) is 0.282. The van der Waals surface area contributed by atoms with Gasteiger partial charge in [-0.15, -0.1) is 0 Å². The fraction of sp³-hybridized carbons (Fsp3) is 0.538. The lowest BCUT2D eigenvalue weighted by Gasteiger charge is -2.24. The summed E-state index contributed by atoms with van der Waals surface area (Å²) in [5, 5.41) is 3.07. The van der Waals surface area contributed by atoms with Crippen LogP contribution in [0.5, 0.6) is 0 Å². The fourth-order valence-electron chi connectivity index (χ4n) is 2.16. The van der Waals surface area contributed by atoms with E-state index < -0.39 is 15.6 Å². The smallest absolute Gasteiger partial charge is 0.243 e. The number of hydrogen-bond donors (Lipinski definition) is 2. The van der Waals surface area contributed by atoms with E-state index in [4.69, 9.17) is 4.74 Å². The van der Waals surface area contributed by atoms with E-state index in [0.29, 0.717) is 31.9 Å². The summed E-state index contributed by atoms with van der Waals surface area (Å²) in [7, 11) is -3.55. The van der Waals surface area contributed by atoms with Gasteiger partial charge < -0.3 is 10.1 Å². The molecule has 19 heavy (non-hydrogen) atoms. The van der Waals surface area contributed by atoms with E-state index in [1.54, 1.807) is 18.2 Å². The van der Waals surface area contributed by atoms with Crippen LogP contribution >= 0.6 is 0 Å². The molecule has 2 rings (SSSR count). The van der Waals surface area contributed by atoms with Crippen molar-refractivity contribution in [2.45, 2.75) is 30.7 Å². The molecule has 106 valence electrons. The van der Waals surface area contributed by atoms with E-state index in [1.807, 2.05) is 19.9 Å². The fourth-order valence-corrected chi connectivity index (χ4v) is 3.77. The van der Waals surface area contributed by atoms with Crippen LogP contribution in [-0.2, 0) is 14.8 Å². The Hall–Kier alpha value is -1.11. The van der Waals surface area contributed by atoms with Gasteiger partial charge in [0.1, 0.15) is 4.90 Å². The van der Waals surface area contributed by atoms with Gasteiger partial charge in [0, 0.05) is 13.2 Å². The number of rotatable bonds is 5. The van der Waals surface area contributed by atoms with Gasteiger partial charge in [-0.05, 0) is 32.4 Å². The predicted octanol–water partition coefficient (Wildman–Crippen LogP) is 1.58. The maximum atomic E-state index is 12.5. The molecule has 1 aromatic rings. The van der Waals surface area contributed by atoms with Crippen LogP contribution in [0.15, 0.2) is 29.2 Å². The predicted molar refractivity (Wildman–Crippen MR) is 74.8 cm³/mol. The van der Waals surface area contributed by atoms with Gasteiger partial charge in [-0.3, -0.25) is 0 Å². The van der Waals surface area contributed by atoms with Gasteiger partial charge in [0.2, 0.25) is 10.0 Å². The minimum Gasteiger partial charge on any atom is -0.384 e. The third kappa shape index (κ3) is 3.26. The third-order valence-corrected chi connectivity index (χ3v) is 4.84.